The molecule has 2 aromatic rings. The lowest BCUT2D eigenvalue weighted by atomic mass is 10.1. The van der Waals surface area contributed by atoms with Gasteiger partial charge in [-0.15, -0.1) is 0 Å². The molecule has 0 atom stereocenters. The first-order valence-electron chi connectivity index (χ1n) is 8.68. The van der Waals surface area contributed by atoms with E-state index in [-0.39, 0.29) is 18.1 Å². The van der Waals surface area contributed by atoms with E-state index in [1.165, 1.54) is 0 Å². The fourth-order valence-electron chi connectivity index (χ4n) is 2.69. The zero-order chi connectivity index (χ0) is 19.2. The second kappa shape index (κ2) is 8.36. The first-order chi connectivity index (χ1) is 13.1. The van der Waals surface area contributed by atoms with Crippen molar-refractivity contribution in [2.24, 2.45) is 0 Å². The van der Waals surface area contributed by atoms with Crippen molar-refractivity contribution in [3.63, 3.8) is 0 Å². The minimum Gasteiger partial charge on any atom is -0.481 e. The average Bonchev–Trinajstić information content (AvgIpc) is 2.99. The van der Waals surface area contributed by atoms with E-state index in [4.69, 9.17) is 14.2 Å². The summed E-state index contributed by atoms with van der Waals surface area (Å²) in [6.07, 6.45) is 5.32. The highest BCUT2D eigenvalue weighted by Crippen LogP contribution is 2.38. The maximum atomic E-state index is 12.5. The molecule has 0 aliphatic carbocycles. The smallest absolute Gasteiger partial charge is 0.344 e. The van der Waals surface area contributed by atoms with Crippen molar-refractivity contribution in [1.29, 1.82) is 0 Å². The Hall–Kier alpha value is -3.34. The van der Waals surface area contributed by atoms with Gasteiger partial charge in [-0.25, -0.2) is 4.79 Å². The van der Waals surface area contributed by atoms with E-state index in [9.17, 15) is 9.59 Å². The van der Waals surface area contributed by atoms with Gasteiger partial charge >= 0.3 is 5.97 Å². The lowest BCUT2D eigenvalue weighted by Crippen LogP contribution is -2.15. The van der Waals surface area contributed by atoms with E-state index in [2.05, 4.69) is 0 Å². The van der Waals surface area contributed by atoms with Crippen LogP contribution in [0.25, 0.3) is 6.08 Å². The second-order valence-corrected chi connectivity index (χ2v) is 5.89. The highest BCUT2D eigenvalue weighted by molar-refractivity contribution is 6.12. The molecule has 1 heterocycles. The predicted octanol–water partition coefficient (Wildman–Crippen LogP) is 4.11. The molecule has 0 radical (unpaired) electrons. The molecule has 0 fully saturated rings. The summed E-state index contributed by atoms with van der Waals surface area (Å²) in [4.78, 5) is 24.0. The Bertz CT molecular complexity index is 910. The first kappa shape index (κ1) is 18.5. The molecule has 0 unspecified atom stereocenters. The third-order valence-corrected chi connectivity index (χ3v) is 4.02. The third-order valence-electron chi connectivity index (χ3n) is 4.02. The number of benzene rings is 2. The van der Waals surface area contributed by atoms with Gasteiger partial charge < -0.3 is 14.2 Å². The van der Waals surface area contributed by atoms with Gasteiger partial charge in [0.25, 0.3) is 0 Å². The molecule has 27 heavy (non-hydrogen) atoms. The molecule has 1 aliphatic rings. The summed E-state index contributed by atoms with van der Waals surface area (Å²) < 4.78 is 16.1. The van der Waals surface area contributed by atoms with Crippen LogP contribution in [0.3, 0.4) is 0 Å². The quantitative estimate of drug-likeness (QED) is 0.570. The van der Waals surface area contributed by atoms with Gasteiger partial charge in [-0.2, -0.15) is 0 Å². The summed E-state index contributed by atoms with van der Waals surface area (Å²) in [6.45, 7) is 3.63. The van der Waals surface area contributed by atoms with E-state index < -0.39 is 5.97 Å². The fraction of sp³-hybridized carbons (Fsp3) is 0.182. The number of ether oxygens (including phenoxy) is 3. The molecule has 0 saturated carbocycles. The monoisotopic (exact) mass is 364 g/mol. The molecule has 0 bridgehead atoms. The van der Waals surface area contributed by atoms with Gasteiger partial charge in [0.2, 0.25) is 5.78 Å². The number of carbonyl (C=O) groups is 2. The van der Waals surface area contributed by atoms with Gasteiger partial charge in [-0.05, 0) is 37.6 Å². The summed E-state index contributed by atoms with van der Waals surface area (Å²) in [6, 6.07) is 13.1. The zero-order valence-electron chi connectivity index (χ0n) is 15.2. The predicted molar refractivity (Wildman–Crippen MR) is 102 cm³/mol. The molecule has 1 aliphatic heterocycles. The van der Waals surface area contributed by atoms with Gasteiger partial charge in [0.1, 0.15) is 11.5 Å². The number of esters is 1. The molecular weight excluding hydrogens is 344 g/mol. The number of rotatable bonds is 6. The van der Waals surface area contributed by atoms with Gasteiger partial charge in [0.05, 0.1) is 12.2 Å². The highest BCUT2D eigenvalue weighted by Gasteiger charge is 2.29. The van der Waals surface area contributed by atoms with E-state index >= 15 is 0 Å². The lowest BCUT2D eigenvalue weighted by molar-refractivity contribution is -0.145. The number of allylic oxidation sites excluding steroid dienone is 3. The van der Waals surface area contributed by atoms with Crippen LogP contribution in [-0.2, 0) is 9.53 Å². The van der Waals surface area contributed by atoms with Crippen molar-refractivity contribution in [3.05, 3.63) is 77.1 Å². The molecule has 5 heteroatoms. The van der Waals surface area contributed by atoms with E-state index in [0.717, 1.165) is 5.56 Å². The summed E-state index contributed by atoms with van der Waals surface area (Å²) >= 11 is 0. The van der Waals surface area contributed by atoms with Crippen molar-refractivity contribution < 1.29 is 23.8 Å². The second-order valence-electron chi connectivity index (χ2n) is 5.89. The Morgan fingerprint density at radius 3 is 2.67 bits per heavy atom. The van der Waals surface area contributed by atoms with Crippen LogP contribution in [0, 0.1) is 6.92 Å². The SMILES string of the molecule is CCOC(=O)COc1ccc2c(c1C)O/C(=C\C=C\c1ccccc1)C2=O. The Labute approximate surface area is 157 Å². The number of ketones is 1. The van der Waals surface area contributed by atoms with Crippen molar-refractivity contribution in [2.75, 3.05) is 13.2 Å². The van der Waals surface area contributed by atoms with E-state index in [0.29, 0.717) is 29.2 Å². The van der Waals surface area contributed by atoms with Crippen LogP contribution in [0.1, 0.15) is 28.4 Å². The Balaban J connectivity index is 1.74. The number of Topliss-reactive ketones (excluding diaryl/α,β-unsaturated/α-hetero) is 1. The van der Waals surface area contributed by atoms with Gasteiger partial charge in [-0.1, -0.05) is 42.5 Å². The first-order valence-corrected chi connectivity index (χ1v) is 8.68. The van der Waals surface area contributed by atoms with Gasteiger partial charge in [0, 0.05) is 5.56 Å². The fourth-order valence-corrected chi connectivity index (χ4v) is 2.69. The number of hydrogen-bond acceptors (Lipinski definition) is 5. The Kier molecular flexibility index (Phi) is 5.71. The van der Waals surface area contributed by atoms with Gasteiger partial charge in [0.15, 0.2) is 12.4 Å². The van der Waals surface area contributed by atoms with E-state index in [1.807, 2.05) is 36.4 Å². The summed E-state index contributed by atoms with van der Waals surface area (Å²) in [7, 11) is 0. The van der Waals surface area contributed by atoms with Crippen LogP contribution in [-0.4, -0.2) is 25.0 Å². The van der Waals surface area contributed by atoms with Crippen LogP contribution in [0.2, 0.25) is 0 Å². The van der Waals surface area contributed by atoms with Crippen molar-refractivity contribution in [2.45, 2.75) is 13.8 Å². The Morgan fingerprint density at radius 2 is 1.93 bits per heavy atom. The standard InChI is InChI=1S/C22H20O5/c1-3-25-20(23)14-26-18-13-12-17-21(24)19(27-22(17)15(18)2)11-7-10-16-8-5-4-6-9-16/h4-13H,3,14H2,1-2H3/b10-7+,19-11-. The minimum atomic E-state index is -0.443. The molecular formula is C22H20O5. The van der Waals surface area contributed by atoms with Crippen LogP contribution >= 0.6 is 0 Å². The average molecular weight is 364 g/mol. The maximum absolute atomic E-state index is 12.5. The number of carbonyl (C=O) groups excluding carboxylic acids is 2. The molecule has 2 aromatic carbocycles. The van der Waals surface area contributed by atoms with Crippen LogP contribution in [0.4, 0.5) is 0 Å². The zero-order valence-corrected chi connectivity index (χ0v) is 15.2. The third kappa shape index (κ3) is 4.26. The minimum absolute atomic E-state index is 0.178. The number of hydrogen-bond donors (Lipinski definition) is 0. The molecule has 5 nitrogen and oxygen atoms in total. The van der Waals surface area contributed by atoms with Crippen LogP contribution < -0.4 is 9.47 Å². The lowest BCUT2D eigenvalue weighted by Gasteiger charge is -2.10. The molecule has 0 spiro atoms. The van der Waals surface area contributed by atoms with Crippen LogP contribution in [0.15, 0.2) is 60.4 Å². The molecule has 138 valence electrons. The molecule has 0 amide bonds. The van der Waals surface area contributed by atoms with Crippen molar-refractivity contribution in [1.82, 2.24) is 0 Å². The Morgan fingerprint density at radius 1 is 1.15 bits per heavy atom. The molecule has 0 aromatic heterocycles. The summed E-state index contributed by atoms with van der Waals surface area (Å²) in [5, 5.41) is 0. The van der Waals surface area contributed by atoms with Crippen molar-refractivity contribution >= 4 is 17.8 Å². The summed E-state index contributed by atoms with van der Waals surface area (Å²) in [5.41, 5.74) is 2.18. The van der Waals surface area contributed by atoms with Gasteiger partial charge in [-0.3, -0.25) is 4.79 Å². The molecule has 0 N–H and O–H groups in total. The maximum Gasteiger partial charge on any atom is 0.344 e. The number of fused-ring (bicyclic) bond motifs is 1. The van der Waals surface area contributed by atoms with Crippen molar-refractivity contribution in [3.8, 4) is 11.5 Å². The topological polar surface area (TPSA) is 61.8 Å². The molecule has 0 saturated heterocycles. The normalized spacial score (nSPS) is 14.3. The molecule has 3 rings (SSSR count). The highest BCUT2D eigenvalue weighted by atomic mass is 16.6. The van der Waals surface area contributed by atoms with E-state index in [1.54, 1.807) is 38.1 Å². The summed E-state index contributed by atoms with van der Waals surface area (Å²) in [5.74, 6) is 0.572. The van der Waals surface area contributed by atoms with Crippen LogP contribution in [0.5, 0.6) is 11.5 Å². The largest absolute Gasteiger partial charge is 0.481 e.